The Labute approximate surface area is 199 Å². The number of pyridine rings is 2. The number of nitrogens with zero attached hydrogens (tertiary/aromatic N) is 5. The van der Waals surface area contributed by atoms with Gasteiger partial charge in [0.1, 0.15) is 11.6 Å². The van der Waals surface area contributed by atoms with Gasteiger partial charge in [-0.1, -0.05) is 19.1 Å². The number of amides is 1. The van der Waals surface area contributed by atoms with Gasteiger partial charge in [0.15, 0.2) is 11.5 Å². The van der Waals surface area contributed by atoms with Gasteiger partial charge in [0.25, 0.3) is 5.91 Å². The highest BCUT2D eigenvalue weighted by molar-refractivity contribution is 5.97. The molecule has 4 N–H and O–H groups in total. The van der Waals surface area contributed by atoms with Gasteiger partial charge in [-0.3, -0.25) is 9.89 Å². The van der Waals surface area contributed by atoms with E-state index >= 15 is 0 Å². The second-order valence-electron chi connectivity index (χ2n) is 8.07. The Hall–Kier alpha value is -4.73. The summed E-state index contributed by atoms with van der Waals surface area (Å²) in [4.78, 5) is 29.8. The van der Waals surface area contributed by atoms with E-state index in [1.807, 2.05) is 13.0 Å². The molecule has 0 saturated carbocycles. The lowest BCUT2D eigenvalue weighted by atomic mass is 9.96. The average Bonchev–Trinajstić information content (AvgIpc) is 3.35. The number of hydrogen-bond donors (Lipinski definition) is 3. The molecule has 10 heteroatoms. The molecule has 174 valence electrons. The zero-order valence-electron chi connectivity index (χ0n) is 18.7. The Morgan fingerprint density at radius 1 is 1.06 bits per heavy atom. The van der Waals surface area contributed by atoms with Gasteiger partial charge in [-0.25, -0.2) is 24.3 Å². The largest absolute Gasteiger partial charge is 0.365 e. The van der Waals surface area contributed by atoms with E-state index in [9.17, 15) is 9.18 Å². The lowest BCUT2D eigenvalue weighted by Crippen LogP contribution is -2.17. The number of aromatic amines is 1. The third-order valence-corrected chi connectivity index (χ3v) is 5.71. The van der Waals surface area contributed by atoms with E-state index in [1.165, 1.54) is 12.1 Å². The molecule has 1 aromatic carbocycles. The predicted octanol–water partition coefficient (Wildman–Crippen LogP) is 3.81. The van der Waals surface area contributed by atoms with Gasteiger partial charge in [0, 0.05) is 47.6 Å². The highest BCUT2D eigenvalue weighted by Crippen LogP contribution is 2.26. The number of benzene rings is 1. The minimum atomic E-state index is -0.588. The maximum atomic E-state index is 13.3. The fourth-order valence-electron chi connectivity index (χ4n) is 3.71. The van der Waals surface area contributed by atoms with Crippen molar-refractivity contribution in [2.45, 2.75) is 19.4 Å². The van der Waals surface area contributed by atoms with Gasteiger partial charge in [-0.2, -0.15) is 5.10 Å². The number of carbonyl (C=O) groups is 1. The maximum absolute atomic E-state index is 13.3. The molecule has 9 nitrogen and oxygen atoms in total. The van der Waals surface area contributed by atoms with Crippen molar-refractivity contribution < 1.29 is 9.18 Å². The van der Waals surface area contributed by atoms with Crippen molar-refractivity contribution in [2.75, 3.05) is 5.32 Å². The van der Waals surface area contributed by atoms with E-state index < -0.39 is 5.91 Å². The fraction of sp³-hybridized carbons (Fsp3) is 0.120. The van der Waals surface area contributed by atoms with E-state index in [0.29, 0.717) is 23.8 Å². The van der Waals surface area contributed by atoms with Gasteiger partial charge in [-0.15, -0.1) is 0 Å². The van der Waals surface area contributed by atoms with Crippen LogP contribution >= 0.6 is 0 Å². The predicted molar refractivity (Wildman–Crippen MR) is 129 cm³/mol. The van der Waals surface area contributed by atoms with Crippen LogP contribution in [0.2, 0.25) is 0 Å². The molecule has 0 aliphatic heterocycles. The molecule has 0 fully saturated rings. The van der Waals surface area contributed by atoms with Crippen LogP contribution in [0.5, 0.6) is 0 Å². The molecule has 0 bridgehead atoms. The standard InChI is InChI=1S/C25H21FN8O/c1-14(16-2-4-19(26)5-3-16)21-7-6-20(22(27)35)25(33-21)30-11-15-9-28-23(29-10-15)17-8-18-13-32-34-24(18)31-12-17/h2-10,12-14H,11H2,1H3,(H2,27,35)(H,30,33)(H,31,32,34)/t14-/m0/s1. The third kappa shape index (κ3) is 4.67. The molecule has 0 unspecified atom stereocenters. The first-order chi connectivity index (χ1) is 17.0. The first-order valence-corrected chi connectivity index (χ1v) is 10.9. The smallest absolute Gasteiger partial charge is 0.252 e. The molecule has 5 rings (SSSR count). The Bertz CT molecular complexity index is 1500. The van der Waals surface area contributed by atoms with Gasteiger partial charge in [-0.05, 0) is 35.9 Å². The van der Waals surface area contributed by atoms with Crippen molar-refractivity contribution in [1.82, 2.24) is 30.1 Å². The summed E-state index contributed by atoms with van der Waals surface area (Å²) in [7, 11) is 0. The molecule has 4 aromatic heterocycles. The van der Waals surface area contributed by atoms with Crippen LogP contribution in [-0.4, -0.2) is 36.0 Å². The molecule has 5 aromatic rings. The minimum absolute atomic E-state index is 0.109. The molecule has 0 saturated heterocycles. The molecule has 1 amide bonds. The van der Waals surface area contributed by atoms with Crippen LogP contribution in [0.15, 0.2) is 67.3 Å². The molecule has 1 atom stereocenters. The monoisotopic (exact) mass is 468 g/mol. The van der Waals surface area contributed by atoms with Gasteiger partial charge in [0.2, 0.25) is 0 Å². The second kappa shape index (κ2) is 9.26. The molecule has 0 radical (unpaired) electrons. The maximum Gasteiger partial charge on any atom is 0.252 e. The Morgan fingerprint density at radius 3 is 2.57 bits per heavy atom. The number of nitrogens with one attached hydrogen (secondary N) is 2. The van der Waals surface area contributed by atoms with Crippen molar-refractivity contribution >= 4 is 22.8 Å². The van der Waals surface area contributed by atoms with Crippen LogP contribution in [0.25, 0.3) is 22.4 Å². The van der Waals surface area contributed by atoms with Gasteiger partial charge >= 0.3 is 0 Å². The molecule has 0 aliphatic carbocycles. The van der Waals surface area contributed by atoms with Crippen molar-refractivity contribution in [1.29, 1.82) is 0 Å². The quantitative estimate of drug-likeness (QED) is 0.330. The normalized spacial score (nSPS) is 11.9. The minimum Gasteiger partial charge on any atom is -0.365 e. The number of hydrogen-bond acceptors (Lipinski definition) is 7. The molecule has 0 aliphatic rings. The summed E-state index contributed by atoms with van der Waals surface area (Å²) in [6.07, 6.45) is 6.77. The Morgan fingerprint density at radius 2 is 1.83 bits per heavy atom. The van der Waals surface area contributed by atoms with E-state index in [-0.39, 0.29) is 17.3 Å². The molecule has 0 spiro atoms. The number of anilines is 1. The number of carbonyl (C=O) groups excluding carboxylic acids is 1. The highest BCUT2D eigenvalue weighted by Gasteiger charge is 2.16. The van der Waals surface area contributed by atoms with E-state index in [4.69, 9.17) is 5.73 Å². The first kappa shape index (κ1) is 22.1. The molecule has 4 heterocycles. The fourth-order valence-corrected chi connectivity index (χ4v) is 3.71. The van der Waals surface area contributed by atoms with Crippen molar-refractivity contribution in [3.05, 3.63) is 95.5 Å². The van der Waals surface area contributed by atoms with Gasteiger partial charge in [0.05, 0.1) is 17.5 Å². The first-order valence-electron chi connectivity index (χ1n) is 10.9. The summed E-state index contributed by atoms with van der Waals surface area (Å²) in [6, 6.07) is 11.6. The average molecular weight is 468 g/mol. The van der Waals surface area contributed by atoms with E-state index in [0.717, 1.165) is 27.8 Å². The summed E-state index contributed by atoms with van der Waals surface area (Å²) in [5.41, 5.74) is 9.72. The van der Waals surface area contributed by atoms with Crippen molar-refractivity contribution in [3.8, 4) is 11.4 Å². The second-order valence-corrected chi connectivity index (χ2v) is 8.07. The summed E-state index contributed by atoms with van der Waals surface area (Å²) in [5, 5.41) is 10.8. The SMILES string of the molecule is C[C@@H](c1ccc(F)cc1)c1ccc(C(N)=O)c(NCc2cnc(-c3cnc4[nH]ncc4c3)nc2)n1. The lowest BCUT2D eigenvalue weighted by Gasteiger charge is -2.15. The Kier molecular flexibility index (Phi) is 5.84. The van der Waals surface area contributed by atoms with Crippen LogP contribution in [0.1, 0.15) is 40.0 Å². The number of halogens is 1. The summed E-state index contributed by atoms with van der Waals surface area (Å²) in [6.45, 7) is 2.30. The number of rotatable bonds is 7. The zero-order chi connectivity index (χ0) is 24.4. The number of fused-ring (bicyclic) bond motifs is 1. The van der Waals surface area contributed by atoms with Crippen LogP contribution in [0, 0.1) is 5.82 Å². The topological polar surface area (TPSA) is 135 Å². The van der Waals surface area contributed by atoms with Crippen LogP contribution in [0.3, 0.4) is 0 Å². The van der Waals surface area contributed by atoms with Crippen LogP contribution < -0.4 is 11.1 Å². The lowest BCUT2D eigenvalue weighted by molar-refractivity contribution is 0.100. The zero-order valence-corrected chi connectivity index (χ0v) is 18.7. The third-order valence-electron chi connectivity index (χ3n) is 5.71. The Balaban J connectivity index is 1.34. The summed E-state index contributed by atoms with van der Waals surface area (Å²) >= 11 is 0. The number of aromatic nitrogens is 6. The molecular weight excluding hydrogens is 447 g/mol. The highest BCUT2D eigenvalue weighted by atomic mass is 19.1. The summed E-state index contributed by atoms with van der Waals surface area (Å²) in [5.74, 6) is -0.0958. The van der Waals surface area contributed by atoms with Crippen LogP contribution in [-0.2, 0) is 6.54 Å². The number of H-pyrrole nitrogens is 1. The number of nitrogens with two attached hydrogens (primary N) is 1. The van der Waals surface area contributed by atoms with Gasteiger partial charge < -0.3 is 11.1 Å². The summed E-state index contributed by atoms with van der Waals surface area (Å²) < 4.78 is 13.3. The molecule has 35 heavy (non-hydrogen) atoms. The van der Waals surface area contributed by atoms with Crippen molar-refractivity contribution in [2.24, 2.45) is 5.73 Å². The van der Waals surface area contributed by atoms with E-state index in [2.05, 4.69) is 35.5 Å². The van der Waals surface area contributed by atoms with E-state index in [1.54, 1.807) is 49.1 Å². The number of primary amides is 1. The van der Waals surface area contributed by atoms with Crippen LogP contribution in [0.4, 0.5) is 10.2 Å². The molecular formula is C25H21FN8O. The van der Waals surface area contributed by atoms with Crippen molar-refractivity contribution in [3.63, 3.8) is 0 Å².